The normalized spacial score (nSPS) is 11.9. The van der Waals surface area contributed by atoms with Gasteiger partial charge in [0.2, 0.25) is 0 Å². The molecule has 0 atom stereocenters. The van der Waals surface area contributed by atoms with Gasteiger partial charge in [-0.1, -0.05) is 6.08 Å². The van der Waals surface area contributed by atoms with E-state index in [9.17, 15) is 4.79 Å². The summed E-state index contributed by atoms with van der Waals surface area (Å²) in [4.78, 5) is 10.9. The summed E-state index contributed by atoms with van der Waals surface area (Å²) in [6.07, 6.45) is 4.63. The van der Waals surface area contributed by atoms with E-state index >= 15 is 0 Å². The smallest absolute Gasteiger partial charge is 0.330 e. The summed E-state index contributed by atoms with van der Waals surface area (Å²) in [5.41, 5.74) is 0. The molecule has 108 valence electrons. The molecule has 0 radical (unpaired) electrons. The molecule has 0 fully saturated rings. The maximum Gasteiger partial charge on any atom is 0.330 e. The zero-order chi connectivity index (χ0) is 14.8. The van der Waals surface area contributed by atoms with Crippen LogP contribution in [0.5, 0.6) is 0 Å². The second kappa shape index (κ2) is 9.07. The van der Waals surface area contributed by atoms with Crippen molar-refractivity contribution < 1.29 is 27.0 Å². The molecule has 18 heavy (non-hydrogen) atoms. The van der Waals surface area contributed by atoms with Gasteiger partial charge in [0.15, 0.2) is 0 Å². The quantitative estimate of drug-likeness (QED) is 0.239. The molecular weight excluding hydrogens is 258 g/mol. The number of nitrogens with zero attached hydrogens (tertiary/aromatic N) is 1. The van der Waals surface area contributed by atoms with Crippen molar-refractivity contribution in [1.82, 2.24) is 0 Å². The Hall–Kier alpha value is -0.920. The van der Waals surface area contributed by atoms with E-state index in [0.29, 0.717) is 12.9 Å². The molecule has 0 heterocycles. The number of quaternary nitrogens is 1. The fraction of sp³-hybridized carbons (Fsp3) is 0.727. The first-order valence-corrected chi connectivity index (χ1v) is 7.28. The molecule has 0 N–H and O–H groups in total. The van der Waals surface area contributed by atoms with E-state index in [1.165, 1.54) is 6.08 Å². The third-order valence-corrected chi connectivity index (χ3v) is 1.52. The van der Waals surface area contributed by atoms with Crippen LogP contribution in [0.15, 0.2) is 12.2 Å². The molecular formula is C11H23NO5S. The van der Waals surface area contributed by atoms with Gasteiger partial charge in [-0.2, -0.15) is 0 Å². The van der Waals surface area contributed by atoms with Crippen molar-refractivity contribution in [3.63, 3.8) is 0 Å². The fourth-order valence-corrected chi connectivity index (χ4v) is 0.896. The van der Waals surface area contributed by atoms with E-state index in [0.717, 1.165) is 17.4 Å². The van der Waals surface area contributed by atoms with Crippen molar-refractivity contribution in [2.24, 2.45) is 0 Å². The van der Waals surface area contributed by atoms with Gasteiger partial charge in [0.25, 0.3) is 0 Å². The third-order valence-electron chi connectivity index (χ3n) is 1.52. The van der Waals surface area contributed by atoms with Crippen LogP contribution in [-0.2, 0) is 19.6 Å². The fourth-order valence-electron chi connectivity index (χ4n) is 0.896. The summed E-state index contributed by atoms with van der Waals surface area (Å²) < 4.78 is 33.1. The summed E-state index contributed by atoms with van der Waals surface area (Å²) in [5.74, 6) is -0.246. The zero-order valence-corrected chi connectivity index (χ0v) is 12.5. The highest BCUT2D eigenvalue weighted by molar-refractivity contribution is 7.84. The van der Waals surface area contributed by atoms with Gasteiger partial charge in [0, 0.05) is 18.8 Å². The maximum atomic E-state index is 10.9. The number of carbonyl (C=O) groups is 1. The SMILES string of the molecule is CC=CC(=O)OCCC[N+](C)(C)C.CS(=O)(=O)[O-]. The molecule has 0 rings (SSSR count). The van der Waals surface area contributed by atoms with Gasteiger partial charge in [-0.05, 0) is 6.92 Å². The third kappa shape index (κ3) is 29.4. The van der Waals surface area contributed by atoms with E-state index in [4.69, 9.17) is 17.7 Å². The van der Waals surface area contributed by atoms with Crippen molar-refractivity contribution in [2.75, 3.05) is 40.6 Å². The van der Waals surface area contributed by atoms with Crippen molar-refractivity contribution >= 4 is 16.1 Å². The predicted octanol–water partition coefficient (Wildman–Crippen LogP) is 0.363. The Kier molecular flexibility index (Phi) is 9.78. The van der Waals surface area contributed by atoms with E-state index in [1.807, 2.05) is 0 Å². The topological polar surface area (TPSA) is 83.5 Å². The van der Waals surface area contributed by atoms with Crippen LogP contribution >= 0.6 is 0 Å². The predicted molar refractivity (Wildman–Crippen MR) is 68.9 cm³/mol. The number of hydrogen-bond donors (Lipinski definition) is 0. The Bertz CT molecular complexity index is 346. The minimum absolute atomic E-state index is 0.246. The van der Waals surface area contributed by atoms with E-state index in [1.54, 1.807) is 13.0 Å². The van der Waals surface area contributed by atoms with Gasteiger partial charge in [0.05, 0.1) is 44.4 Å². The van der Waals surface area contributed by atoms with E-state index in [-0.39, 0.29) is 5.97 Å². The van der Waals surface area contributed by atoms with Gasteiger partial charge < -0.3 is 13.8 Å². The molecule has 0 aliphatic carbocycles. The summed E-state index contributed by atoms with van der Waals surface area (Å²) in [6, 6.07) is 0. The molecule has 7 heteroatoms. The molecule has 6 nitrogen and oxygen atoms in total. The van der Waals surface area contributed by atoms with Crippen LogP contribution in [0.3, 0.4) is 0 Å². The van der Waals surface area contributed by atoms with Crippen LogP contribution < -0.4 is 0 Å². The van der Waals surface area contributed by atoms with Gasteiger partial charge >= 0.3 is 5.97 Å². The lowest BCUT2D eigenvalue weighted by Crippen LogP contribution is -2.35. The van der Waals surface area contributed by atoms with Crippen LogP contribution in [0.4, 0.5) is 0 Å². The first-order valence-electron chi connectivity index (χ1n) is 5.46. The van der Waals surface area contributed by atoms with Gasteiger partial charge in [-0.15, -0.1) is 0 Å². The summed E-state index contributed by atoms with van der Waals surface area (Å²) in [6.45, 7) is 3.33. The molecule has 0 aromatic heterocycles. The molecule has 0 bridgehead atoms. The van der Waals surface area contributed by atoms with Crippen LogP contribution in [0.1, 0.15) is 13.3 Å². The maximum absolute atomic E-state index is 10.9. The summed E-state index contributed by atoms with van der Waals surface area (Å²) >= 11 is 0. The van der Waals surface area contributed by atoms with Crippen molar-refractivity contribution in [3.05, 3.63) is 12.2 Å². The lowest BCUT2D eigenvalue weighted by atomic mass is 10.4. The number of allylic oxidation sites excluding steroid dienone is 1. The number of esters is 1. The molecule has 0 aliphatic heterocycles. The average molecular weight is 281 g/mol. The van der Waals surface area contributed by atoms with Crippen molar-refractivity contribution in [1.29, 1.82) is 0 Å². The molecule has 0 spiro atoms. The van der Waals surface area contributed by atoms with Crippen LogP contribution in [0.25, 0.3) is 0 Å². The minimum atomic E-state index is -3.92. The Labute approximate surface area is 110 Å². The monoisotopic (exact) mass is 281 g/mol. The second-order valence-corrected chi connectivity index (χ2v) is 6.15. The highest BCUT2D eigenvalue weighted by atomic mass is 32.2. The largest absolute Gasteiger partial charge is 0.748 e. The molecule has 0 saturated heterocycles. The molecule has 0 saturated carbocycles. The lowest BCUT2D eigenvalue weighted by molar-refractivity contribution is -0.870. The molecule has 0 aromatic carbocycles. The number of ether oxygens (including phenoxy) is 1. The number of hydrogen-bond acceptors (Lipinski definition) is 5. The molecule has 0 unspecified atom stereocenters. The summed E-state index contributed by atoms with van der Waals surface area (Å²) in [7, 11) is 2.44. The standard InChI is InChI=1S/C10H20NO2.CH4O3S/c1-5-7-10(12)13-9-6-8-11(2,3)4;1-5(2,3)4/h5,7H,6,8-9H2,1-4H3;1H3,(H,2,3,4)/q+1;/p-1. The van der Waals surface area contributed by atoms with Crippen LogP contribution in [0.2, 0.25) is 0 Å². The highest BCUT2D eigenvalue weighted by Gasteiger charge is 2.06. The van der Waals surface area contributed by atoms with E-state index < -0.39 is 10.1 Å². The minimum Gasteiger partial charge on any atom is -0.748 e. The van der Waals surface area contributed by atoms with Crippen LogP contribution in [-0.4, -0.2) is 64.0 Å². The molecule has 0 amide bonds. The average Bonchev–Trinajstić information content (AvgIpc) is 2.08. The molecule has 0 aromatic rings. The lowest BCUT2D eigenvalue weighted by Gasteiger charge is -2.23. The second-order valence-electron chi connectivity index (χ2n) is 4.74. The van der Waals surface area contributed by atoms with Crippen LogP contribution in [0, 0.1) is 0 Å². The summed E-state index contributed by atoms with van der Waals surface area (Å²) in [5, 5.41) is 0. The van der Waals surface area contributed by atoms with Gasteiger partial charge in [0.1, 0.15) is 0 Å². The first-order chi connectivity index (χ1) is 7.95. The Morgan fingerprint density at radius 2 is 1.78 bits per heavy atom. The number of carbonyl (C=O) groups excluding carboxylic acids is 1. The van der Waals surface area contributed by atoms with Crippen molar-refractivity contribution in [2.45, 2.75) is 13.3 Å². The van der Waals surface area contributed by atoms with Gasteiger partial charge in [-0.3, -0.25) is 0 Å². The van der Waals surface area contributed by atoms with E-state index in [2.05, 4.69) is 21.1 Å². The Morgan fingerprint density at radius 3 is 2.11 bits per heavy atom. The highest BCUT2D eigenvalue weighted by Crippen LogP contribution is 1.94. The van der Waals surface area contributed by atoms with Gasteiger partial charge in [-0.25, -0.2) is 13.2 Å². The first kappa shape index (κ1) is 19.4. The van der Waals surface area contributed by atoms with Crippen molar-refractivity contribution in [3.8, 4) is 0 Å². The Balaban J connectivity index is 0. The molecule has 0 aliphatic rings. The Morgan fingerprint density at radius 1 is 1.33 bits per heavy atom. The zero-order valence-electron chi connectivity index (χ0n) is 11.7. The number of rotatable bonds is 5.